The Balaban J connectivity index is 4.93. The molecule has 126 valence electrons. The molecule has 0 aromatic carbocycles. The van der Waals surface area contributed by atoms with Gasteiger partial charge in [-0.05, 0) is 6.42 Å². The van der Waals surface area contributed by atoms with Crippen LogP contribution in [0.15, 0.2) is 11.8 Å². The van der Waals surface area contributed by atoms with Crippen molar-refractivity contribution >= 4 is 0 Å². The minimum atomic E-state index is -6.76. The van der Waals surface area contributed by atoms with Gasteiger partial charge in [-0.1, -0.05) is 26.2 Å². The molecule has 0 saturated heterocycles. The van der Waals surface area contributed by atoms with Crippen LogP contribution in [0.4, 0.5) is 39.5 Å². The van der Waals surface area contributed by atoms with E-state index in [1.165, 1.54) is 0 Å². The molecule has 0 bridgehead atoms. The van der Waals surface area contributed by atoms with E-state index in [0.717, 1.165) is 6.42 Å². The zero-order valence-corrected chi connectivity index (χ0v) is 10.8. The third kappa shape index (κ3) is 4.70. The van der Waals surface area contributed by atoms with E-state index in [2.05, 4.69) is 4.74 Å². The Bertz CT molecular complexity index is 359. The van der Waals surface area contributed by atoms with Crippen molar-refractivity contribution in [2.45, 2.75) is 50.6 Å². The number of hydrogen-bond donors (Lipinski definition) is 0. The zero-order valence-electron chi connectivity index (χ0n) is 10.8. The van der Waals surface area contributed by atoms with Crippen molar-refractivity contribution in [3.05, 3.63) is 11.8 Å². The Morgan fingerprint density at radius 1 is 0.857 bits per heavy atom. The monoisotopic (exact) mass is 332 g/mol. The molecule has 0 N–H and O–H groups in total. The van der Waals surface area contributed by atoms with Crippen LogP contribution in [0, 0.1) is 0 Å². The topological polar surface area (TPSA) is 9.23 Å². The van der Waals surface area contributed by atoms with Crippen LogP contribution in [0.3, 0.4) is 0 Å². The van der Waals surface area contributed by atoms with Crippen molar-refractivity contribution in [2.24, 2.45) is 0 Å². The molecule has 0 radical (unpaired) electrons. The maximum absolute atomic E-state index is 12.8. The summed E-state index contributed by atoms with van der Waals surface area (Å²) in [5, 5.41) is 0. The summed E-state index contributed by atoms with van der Waals surface area (Å²) < 4.78 is 115. The van der Waals surface area contributed by atoms with Crippen LogP contribution in [0.1, 0.15) is 32.6 Å². The lowest BCUT2D eigenvalue weighted by Gasteiger charge is -2.26. The number of unbranched alkanes of at least 4 members (excludes halogenated alkanes) is 3. The summed E-state index contributed by atoms with van der Waals surface area (Å²) in [6.07, 6.45) is -4.71. The standard InChI is InChI=1S/C11H13F9O/c1-2-3-4-5-6-21-8(13)7(12)9(14,15)10(16,17)11(18,19)20/h2-6H2,1H3. The second kappa shape index (κ2) is 7.26. The fraction of sp³-hybridized carbons (Fsp3) is 0.818. The van der Waals surface area contributed by atoms with Crippen molar-refractivity contribution in [2.75, 3.05) is 6.61 Å². The Kier molecular flexibility index (Phi) is 6.88. The molecule has 0 unspecified atom stereocenters. The predicted molar refractivity (Wildman–Crippen MR) is 55.3 cm³/mol. The molecule has 0 spiro atoms. The maximum Gasteiger partial charge on any atom is 0.460 e. The summed E-state index contributed by atoms with van der Waals surface area (Å²) in [4.78, 5) is 0. The molecule has 0 fully saturated rings. The highest BCUT2D eigenvalue weighted by atomic mass is 19.4. The molecule has 0 saturated carbocycles. The van der Waals surface area contributed by atoms with E-state index in [9.17, 15) is 39.5 Å². The average molecular weight is 332 g/mol. The first kappa shape index (κ1) is 19.9. The van der Waals surface area contributed by atoms with E-state index in [4.69, 9.17) is 0 Å². The summed E-state index contributed by atoms with van der Waals surface area (Å²) in [5.41, 5.74) is 0. The molecular formula is C11H13F9O. The summed E-state index contributed by atoms with van der Waals surface area (Å²) in [7, 11) is 0. The van der Waals surface area contributed by atoms with E-state index in [0.29, 0.717) is 12.8 Å². The number of rotatable bonds is 8. The van der Waals surface area contributed by atoms with E-state index in [1.807, 2.05) is 6.92 Å². The molecule has 0 aromatic rings. The summed E-state index contributed by atoms with van der Waals surface area (Å²) in [5.74, 6) is -16.7. The van der Waals surface area contributed by atoms with E-state index in [-0.39, 0.29) is 6.42 Å². The van der Waals surface area contributed by atoms with Crippen LogP contribution in [-0.2, 0) is 4.74 Å². The normalized spacial score (nSPS) is 15.0. The van der Waals surface area contributed by atoms with E-state index < -0.39 is 36.5 Å². The fourth-order valence-electron chi connectivity index (χ4n) is 1.19. The smallest absolute Gasteiger partial charge is 0.460 e. The third-order valence-electron chi connectivity index (χ3n) is 2.43. The first-order valence-electron chi connectivity index (χ1n) is 5.90. The van der Waals surface area contributed by atoms with Gasteiger partial charge in [-0.25, -0.2) is 0 Å². The first-order chi connectivity index (χ1) is 9.39. The van der Waals surface area contributed by atoms with Gasteiger partial charge in [-0.3, -0.25) is 0 Å². The van der Waals surface area contributed by atoms with Gasteiger partial charge in [0.1, 0.15) is 0 Å². The van der Waals surface area contributed by atoms with Crippen molar-refractivity contribution in [3.8, 4) is 0 Å². The second-order valence-electron chi connectivity index (χ2n) is 4.14. The van der Waals surface area contributed by atoms with Gasteiger partial charge in [0.05, 0.1) is 6.61 Å². The molecule has 0 heterocycles. The first-order valence-corrected chi connectivity index (χ1v) is 5.90. The highest BCUT2D eigenvalue weighted by molar-refractivity contribution is 5.13. The lowest BCUT2D eigenvalue weighted by Crippen LogP contribution is -2.52. The van der Waals surface area contributed by atoms with Gasteiger partial charge in [-0.2, -0.15) is 39.5 Å². The van der Waals surface area contributed by atoms with Gasteiger partial charge < -0.3 is 4.74 Å². The highest BCUT2D eigenvalue weighted by Gasteiger charge is 2.76. The summed E-state index contributed by atoms with van der Waals surface area (Å²) in [6.45, 7) is 1.20. The van der Waals surface area contributed by atoms with Crippen LogP contribution in [0.25, 0.3) is 0 Å². The molecule has 10 heteroatoms. The van der Waals surface area contributed by atoms with Crippen LogP contribution in [-0.4, -0.2) is 24.6 Å². The SMILES string of the molecule is CCCCCCOC(F)=C(F)C(F)(F)C(F)(F)C(F)(F)F. The largest absolute Gasteiger partial charge is 0.469 e. The predicted octanol–water partition coefficient (Wildman–Crippen LogP) is 5.52. The van der Waals surface area contributed by atoms with Gasteiger partial charge in [-0.15, -0.1) is 0 Å². The molecule has 1 nitrogen and oxygen atoms in total. The van der Waals surface area contributed by atoms with Gasteiger partial charge >= 0.3 is 24.0 Å². The number of alkyl halides is 7. The molecule has 0 aliphatic carbocycles. The van der Waals surface area contributed by atoms with E-state index >= 15 is 0 Å². The number of hydrogen-bond acceptors (Lipinski definition) is 1. The van der Waals surface area contributed by atoms with Gasteiger partial charge in [0, 0.05) is 0 Å². The Hall–Kier alpha value is -1.09. The van der Waals surface area contributed by atoms with E-state index in [1.54, 1.807) is 0 Å². The van der Waals surface area contributed by atoms with Crippen LogP contribution in [0.5, 0.6) is 0 Å². The number of allylic oxidation sites excluding steroid dienone is 1. The van der Waals surface area contributed by atoms with Crippen LogP contribution >= 0.6 is 0 Å². The third-order valence-corrected chi connectivity index (χ3v) is 2.43. The molecule has 21 heavy (non-hydrogen) atoms. The Morgan fingerprint density at radius 3 is 1.81 bits per heavy atom. The zero-order chi connectivity index (χ0) is 16.9. The van der Waals surface area contributed by atoms with Crippen LogP contribution < -0.4 is 0 Å². The van der Waals surface area contributed by atoms with Gasteiger partial charge in [0.15, 0.2) is 0 Å². The summed E-state index contributed by atoms with van der Waals surface area (Å²) in [6, 6.07) is -2.78. The second-order valence-corrected chi connectivity index (χ2v) is 4.14. The quantitative estimate of drug-likeness (QED) is 0.323. The lowest BCUT2D eigenvalue weighted by atomic mass is 10.1. The van der Waals surface area contributed by atoms with Crippen molar-refractivity contribution in [1.29, 1.82) is 0 Å². The van der Waals surface area contributed by atoms with Crippen molar-refractivity contribution in [1.82, 2.24) is 0 Å². The van der Waals surface area contributed by atoms with Crippen LogP contribution in [0.2, 0.25) is 0 Å². The number of halogens is 9. The number of ether oxygens (including phenoxy) is 1. The fourth-order valence-corrected chi connectivity index (χ4v) is 1.19. The highest BCUT2D eigenvalue weighted by Crippen LogP contribution is 2.50. The summed E-state index contributed by atoms with van der Waals surface area (Å²) >= 11 is 0. The van der Waals surface area contributed by atoms with Crippen molar-refractivity contribution < 1.29 is 44.3 Å². The molecule has 0 aliphatic heterocycles. The van der Waals surface area contributed by atoms with Crippen molar-refractivity contribution in [3.63, 3.8) is 0 Å². The Morgan fingerprint density at radius 2 is 1.38 bits per heavy atom. The molecule has 0 amide bonds. The van der Waals surface area contributed by atoms with Gasteiger partial charge in [0.25, 0.3) is 0 Å². The lowest BCUT2D eigenvalue weighted by molar-refractivity contribution is -0.348. The molecule has 0 aliphatic rings. The Labute approximate surface area is 114 Å². The maximum atomic E-state index is 12.8. The molecule has 0 rings (SSSR count). The minimum absolute atomic E-state index is 0.107. The average Bonchev–Trinajstić information content (AvgIpc) is 2.35. The molecular weight excluding hydrogens is 319 g/mol. The van der Waals surface area contributed by atoms with Gasteiger partial charge in [0.2, 0.25) is 5.83 Å². The molecule has 0 aromatic heterocycles. The molecule has 0 atom stereocenters. The minimum Gasteiger partial charge on any atom is -0.469 e.